The molecule has 0 spiro atoms. The molecule has 4 rings (SSSR count). The number of amides is 1. The van der Waals surface area contributed by atoms with Crippen LogP contribution in [0.3, 0.4) is 0 Å². The summed E-state index contributed by atoms with van der Waals surface area (Å²) in [6, 6.07) is 12.8. The van der Waals surface area contributed by atoms with E-state index in [4.69, 9.17) is 0 Å². The minimum Gasteiger partial charge on any atom is -0.371 e. The van der Waals surface area contributed by atoms with E-state index in [1.165, 1.54) is 18.5 Å². The number of carbonyl (C=O) groups is 1. The third kappa shape index (κ3) is 6.36. The highest BCUT2D eigenvalue weighted by Gasteiger charge is 2.22. The maximum atomic E-state index is 12.4. The Kier molecular flexibility index (Phi) is 9.27. The van der Waals surface area contributed by atoms with Gasteiger partial charge in [-0.25, -0.2) is 0 Å². The first-order valence-corrected chi connectivity index (χ1v) is 10.1. The van der Waals surface area contributed by atoms with Crippen LogP contribution in [0.5, 0.6) is 0 Å². The molecule has 160 valence electrons. The molecular weight excluding hydrogens is 409 g/mol. The Bertz CT molecular complexity index is 741. The van der Waals surface area contributed by atoms with E-state index < -0.39 is 0 Å². The van der Waals surface area contributed by atoms with Gasteiger partial charge in [-0.1, -0.05) is 18.2 Å². The molecule has 2 saturated heterocycles. The monoisotopic (exact) mass is 439 g/mol. The molecule has 2 aromatic rings. The van der Waals surface area contributed by atoms with E-state index in [1.54, 1.807) is 4.68 Å². The molecule has 8 heteroatoms. The second-order valence-corrected chi connectivity index (χ2v) is 7.65. The van der Waals surface area contributed by atoms with Crippen LogP contribution in [0, 0.1) is 0 Å². The number of nitrogens with zero attached hydrogens (tertiary/aromatic N) is 3. The van der Waals surface area contributed by atoms with Crippen LogP contribution in [-0.4, -0.2) is 47.9 Å². The summed E-state index contributed by atoms with van der Waals surface area (Å²) in [6.07, 6.45) is 6.27. The molecule has 2 aliphatic heterocycles. The smallest absolute Gasteiger partial charge is 0.241 e. The van der Waals surface area contributed by atoms with Gasteiger partial charge in [0.15, 0.2) is 0 Å². The number of piperidine rings is 2. The first kappa shape index (κ1) is 23.5. The molecule has 29 heavy (non-hydrogen) atoms. The van der Waals surface area contributed by atoms with Crippen molar-refractivity contribution in [3.63, 3.8) is 0 Å². The molecule has 2 aliphatic rings. The number of rotatable bonds is 5. The SMILES string of the molecule is Cl.Cl.O=C(Cn1ccc(C2CCCNC2)n1)NC1CCN(c2ccccc2)CC1. The number of benzene rings is 1. The first-order chi connectivity index (χ1) is 13.3. The van der Waals surface area contributed by atoms with Crippen molar-refractivity contribution in [2.75, 3.05) is 31.1 Å². The summed E-state index contributed by atoms with van der Waals surface area (Å²) in [4.78, 5) is 14.8. The number of nitrogens with one attached hydrogen (secondary N) is 2. The van der Waals surface area contributed by atoms with Crippen molar-refractivity contribution in [1.29, 1.82) is 0 Å². The van der Waals surface area contributed by atoms with Gasteiger partial charge in [0.05, 0.1) is 5.69 Å². The summed E-state index contributed by atoms with van der Waals surface area (Å²) in [5.74, 6) is 0.537. The van der Waals surface area contributed by atoms with Crippen LogP contribution in [0.15, 0.2) is 42.6 Å². The van der Waals surface area contributed by atoms with Gasteiger partial charge in [-0.05, 0) is 50.4 Å². The van der Waals surface area contributed by atoms with E-state index in [9.17, 15) is 4.79 Å². The van der Waals surface area contributed by atoms with E-state index in [-0.39, 0.29) is 36.8 Å². The van der Waals surface area contributed by atoms with E-state index in [0.29, 0.717) is 12.5 Å². The van der Waals surface area contributed by atoms with Gasteiger partial charge in [-0.2, -0.15) is 5.10 Å². The van der Waals surface area contributed by atoms with Crippen molar-refractivity contribution in [3.05, 3.63) is 48.3 Å². The highest BCUT2D eigenvalue weighted by atomic mass is 35.5. The molecule has 3 heterocycles. The Balaban J connectivity index is 0.00000150. The Morgan fingerprint density at radius 3 is 2.55 bits per heavy atom. The number of halogens is 2. The van der Waals surface area contributed by atoms with E-state index in [2.05, 4.69) is 51.0 Å². The fourth-order valence-electron chi connectivity index (χ4n) is 4.13. The number of hydrogen-bond acceptors (Lipinski definition) is 4. The van der Waals surface area contributed by atoms with Gasteiger partial charge >= 0.3 is 0 Å². The molecule has 1 unspecified atom stereocenters. The molecule has 0 saturated carbocycles. The first-order valence-electron chi connectivity index (χ1n) is 10.1. The molecule has 1 aromatic carbocycles. The van der Waals surface area contributed by atoms with Crippen LogP contribution in [-0.2, 0) is 11.3 Å². The lowest BCUT2D eigenvalue weighted by molar-refractivity contribution is -0.122. The lowest BCUT2D eigenvalue weighted by Gasteiger charge is -2.34. The second kappa shape index (κ2) is 11.4. The minimum absolute atomic E-state index is 0. The largest absolute Gasteiger partial charge is 0.371 e. The third-order valence-corrected chi connectivity index (χ3v) is 5.66. The number of carbonyl (C=O) groups excluding carboxylic acids is 1. The third-order valence-electron chi connectivity index (χ3n) is 5.66. The summed E-state index contributed by atoms with van der Waals surface area (Å²) in [6.45, 7) is 4.36. The van der Waals surface area contributed by atoms with Crippen molar-refractivity contribution < 1.29 is 4.79 Å². The number of para-hydroxylation sites is 1. The van der Waals surface area contributed by atoms with Crippen LogP contribution >= 0.6 is 24.8 Å². The summed E-state index contributed by atoms with van der Waals surface area (Å²) in [5, 5.41) is 11.2. The lowest BCUT2D eigenvalue weighted by atomic mass is 9.97. The van der Waals surface area contributed by atoms with Crippen LogP contribution in [0.2, 0.25) is 0 Å². The van der Waals surface area contributed by atoms with Gasteiger partial charge in [-0.15, -0.1) is 24.8 Å². The minimum atomic E-state index is 0. The van der Waals surface area contributed by atoms with Crippen molar-refractivity contribution in [1.82, 2.24) is 20.4 Å². The molecule has 6 nitrogen and oxygen atoms in total. The molecule has 1 amide bonds. The summed E-state index contributed by atoms with van der Waals surface area (Å²) in [7, 11) is 0. The summed E-state index contributed by atoms with van der Waals surface area (Å²) < 4.78 is 1.78. The van der Waals surface area contributed by atoms with E-state index in [1.807, 2.05) is 12.3 Å². The van der Waals surface area contributed by atoms with Crippen molar-refractivity contribution >= 4 is 36.4 Å². The maximum Gasteiger partial charge on any atom is 0.241 e. The Morgan fingerprint density at radius 2 is 1.86 bits per heavy atom. The average molecular weight is 440 g/mol. The van der Waals surface area contributed by atoms with Crippen molar-refractivity contribution in [2.24, 2.45) is 0 Å². The van der Waals surface area contributed by atoms with Crippen LogP contribution in [0.25, 0.3) is 0 Å². The number of aromatic nitrogens is 2. The quantitative estimate of drug-likeness (QED) is 0.751. The van der Waals surface area contributed by atoms with Gasteiger partial charge in [-0.3, -0.25) is 9.48 Å². The topological polar surface area (TPSA) is 62.2 Å². The number of anilines is 1. The average Bonchev–Trinajstić information content (AvgIpc) is 3.18. The van der Waals surface area contributed by atoms with E-state index >= 15 is 0 Å². The van der Waals surface area contributed by atoms with Crippen molar-refractivity contribution in [3.8, 4) is 0 Å². The van der Waals surface area contributed by atoms with Crippen LogP contribution in [0.1, 0.15) is 37.3 Å². The highest BCUT2D eigenvalue weighted by molar-refractivity contribution is 5.85. The molecule has 2 N–H and O–H groups in total. The maximum absolute atomic E-state index is 12.4. The van der Waals surface area contributed by atoms with Crippen molar-refractivity contribution in [2.45, 2.75) is 44.2 Å². The van der Waals surface area contributed by atoms with Crippen LogP contribution < -0.4 is 15.5 Å². The Labute approximate surface area is 185 Å². The zero-order chi connectivity index (χ0) is 18.5. The van der Waals surface area contributed by atoms with Gasteiger partial charge in [0.1, 0.15) is 6.54 Å². The molecule has 1 atom stereocenters. The lowest BCUT2D eigenvalue weighted by Crippen LogP contribution is -2.45. The number of hydrogen-bond donors (Lipinski definition) is 2. The van der Waals surface area contributed by atoms with Gasteiger partial charge < -0.3 is 15.5 Å². The molecule has 0 aliphatic carbocycles. The van der Waals surface area contributed by atoms with Crippen LogP contribution in [0.4, 0.5) is 5.69 Å². The highest BCUT2D eigenvalue weighted by Crippen LogP contribution is 2.21. The fourth-order valence-corrected chi connectivity index (χ4v) is 4.13. The van der Waals surface area contributed by atoms with E-state index in [0.717, 1.165) is 44.7 Å². The molecule has 0 bridgehead atoms. The van der Waals surface area contributed by atoms with Gasteiger partial charge in [0.25, 0.3) is 0 Å². The summed E-state index contributed by atoms with van der Waals surface area (Å²) in [5.41, 5.74) is 2.37. The Hall–Kier alpha value is -1.76. The normalized spacial score (nSPS) is 19.7. The fraction of sp³-hybridized carbons (Fsp3) is 0.524. The molecular formula is C21H31Cl2N5O. The van der Waals surface area contributed by atoms with Gasteiger partial charge in [0, 0.05) is 43.5 Å². The predicted molar refractivity (Wildman–Crippen MR) is 121 cm³/mol. The zero-order valence-electron chi connectivity index (χ0n) is 16.6. The summed E-state index contributed by atoms with van der Waals surface area (Å²) >= 11 is 0. The second-order valence-electron chi connectivity index (χ2n) is 7.65. The standard InChI is InChI=1S/C21H29N5O.2ClH/c27-21(16-26-14-10-20(24-26)17-5-4-11-22-15-17)23-18-8-12-25(13-9-18)19-6-2-1-3-7-19;;/h1-3,6-7,10,14,17-18,22H,4-5,8-9,11-13,15-16H2,(H,23,27);2*1H. The molecule has 2 fully saturated rings. The molecule has 1 aromatic heterocycles. The zero-order valence-corrected chi connectivity index (χ0v) is 18.3. The van der Waals surface area contributed by atoms with Gasteiger partial charge in [0.2, 0.25) is 5.91 Å². The molecule has 0 radical (unpaired) electrons. The predicted octanol–water partition coefficient (Wildman–Crippen LogP) is 2.98. The Morgan fingerprint density at radius 1 is 1.10 bits per heavy atom.